The normalized spacial score (nSPS) is 15.2. The van der Waals surface area contributed by atoms with Gasteiger partial charge in [0.25, 0.3) is 5.91 Å². The van der Waals surface area contributed by atoms with Crippen molar-refractivity contribution in [1.82, 2.24) is 14.5 Å². The molecule has 3 heterocycles. The molecule has 1 fully saturated rings. The largest absolute Gasteiger partial charge is 0.497 e. The van der Waals surface area contributed by atoms with E-state index in [-0.39, 0.29) is 5.91 Å². The number of halogens is 1. The number of amides is 1. The molecule has 1 saturated heterocycles. The quantitative estimate of drug-likeness (QED) is 0.485. The average Bonchev–Trinajstić information content (AvgIpc) is 3.32. The zero-order valence-corrected chi connectivity index (χ0v) is 17.9. The number of ether oxygens (including phenoxy) is 1. The van der Waals surface area contributed by atoms with Gasteiger partial charge in [0.05, 0.1) is 12.1 Å². The van der Waals surface area contributed by atoms with E-state index in [2.05, 4.69) is 23.3 Å². The van der Waals surface area contributed by atoms with Crippen molar-refractivity contribution in [2.45, 2.75) is 18.8 Å². The number of piperidine rings is 1. The number of carbonyl (C=O) groups is 1. The molecule has 0 radical (unpaired) electrons. The average molecular weight is 422 g/mol. The van der Waals surface area contributed by atoms with E-state index < -0.39 is 0 Å². The minimum absolute atomic E-state index is 0.0118. The fraction of sp³-hybridized carbons (Fsp3) is 0.292. The van der Waals surface area contributed by atoms with Gasteiger partial charge in [-0.15, -0.1) is 0 Å². The van der Waals surface area contributed by atoms with Gasteiger partial charge in [0, 0.05) is 48.1 Å². The minimum Gasteiger partial charge on any atom is -0.497 e. The van der Waals surface area contributed by atoms with E-state index in [1.807, 2.05) is 46.8 Å². The van der Waals surface area contributed by atoms with Crippen LogP contribution in [-0.4, -0.2) is 40.6 Å². The number of H-pyrrole nitrogens is 1. The number of para-hydroxylation sites is 1. The Labute approximate surface area is 180 Å². The number of aryl methyl sites for hydroxylation is 1. The Balaban J connectivity index is 1.37. The third kappa shape index (κ3) is 2.96. The molecule has 0 saturated carbocycles. The van der Waals surface area contributed by atoms with Crippen LogP contribution in [0.4, 0.5) is 0 Å². The van der Waals surface area contributed by atoms with Crippen molar-refractivity contribution in [2.75, 3.05) is 20.2 Å². The highest BCUT2D eigenvalue weighted by Gasteiger charge is 2.29. The lowest BCUT2D eigenvalue weighted by atomic mass is 9.89. The van der Waals surface area contributed by atoms with Gasteiger partial charge in [-0.05, 0) is 48.6 Å². The van der Waals surface area contributed by atoms with Crippen LogP contribution in [0.3, 0.4) is 0 Å². The predicted octanol–water partition coefficient (Wildman–Crippen LogP) is 5.34. The highest BCUT2D eigenvalue weighted by Crippen LogP contribution is 2.36. The van der Waals surface area contributed by atoms with E-state index >= 15 is 0 Å². The van der Waals surface area contributed by atoms with Gasteiger partial charge in [-0.1, -0.05) is 29.8 Å². The SMILES string of the molecule is COc1ccc2[nH]cc(C3CCN(C(=O)c4c(Cl)c5ccccc5n4C)CC3)c2c1. The van der Waals surface area contributed by atoms with Crippen molar-refractivity contribution in [1.29, 1.82) is 0 Å². The summed E-state index contributed by atoms with van der Waals surface area (Å²) in [6, 6.07) is 14.0. The second-order valence-corrected chi connectivity index (χ2v) is 8.34. The van der Waals surface area contributed by atoms with Gasteiger partial charge in [-0.25, -0.2) is 0 Å². The molecule has 0 bridgehead atoms. The van der Waals surface area contributed by atoms with Crippen molar-refractivity contribution in [2.24, 2.45) is 7.05 Å². The first-order valence-corrected chi connectivity index (χ1v) is 10.6. The van der Waals surface area contributed by atoms with Crippen LogP contribution in [0.2, 0.25) is 5.02 Å². The monoisotopic (exact) mass is 421 g/mol. The lowest BCUT2D eigenvalue weighted by molar-refractivity contribution is 0.0704. The molecule has 1 amide bonds. The first-order chi connectivity index (χ1) is 14.6. The summed E-state index contributed by atoms with van der Waals surface area (Å²) in [6.45, 7) is 1.44. The number of methoxy groups -OCH3 is 1. The molecule has 0 spiro atoms. The maximum Gasteiger partial charge on any atom is 0.272 e. The number of likely N-dealkylation sites (tertiary alicyclic amines) is 1. The highest BCUT2D eigenvalue weighted by molar-refractivity contribution is 6.38. The Morgan fingerprint density at radius 3 is 2.63 bits per heavy atom. The van der Waals surface area contributed by atoms with Gasteiger partial charge in [0.15, 0.2) is 0 Å². The lowest BCUT2D eigenvalue weighted by Gasteiger charge is -2.32. The molecule has 0 atom stereocenters. The number of hydrogen-bond acceptors (Lipinski definition) is 2. The third-order valence-corrected chi connectivity index (χ3v) is 6.77. The Kier molecular flexibility index (Phi) is 4.70. The Bertz CT molecular complexity index is 1210. The van der Waals surface area contributed by atoms with Crippen molar-refractivity contribution >= 4 is 39.3 Å². The van der Waals surface area contributed by atoms with Crippen LogP contribution >= 0.6 is 11.6 Å². The number of hydrogen-bond donors (Lipinski definition) is 1. The van der Waals surface area contributed by atoms with Crippen LogP contribution in [0.15, 0.2) is 48.7 Å². The van der Waals surface area contributed by atoms with Crippen LogP contribution in [0.5, 0.6) is 5.75 Å². The number of carbonyl (C=O) groups excluding carboxylic acids is 1. The molecule has 5 rings (SSSR count). The molecule has 4 aromatic rings. The van der Waals surface area contributed by atoms with E-state index in [1.54, 1.807) is 7.11 Å². The zero-order chi connectivity index (χ0) is 20.8. The van der Waals surface area contributed by atoms with Gasteiger partial charge >= 0.3 is 0 Å². The summed E-state index contributed by atoms with van der Waals surface area (Å²) in [4.78, 5) is 18.6. The Morgan fingerprint density at radius 2 is 1.90 bits per heavy atom. The number of fused-ring (bicyclic) bond motifs is 2. The van der Waals surface area contributed by atoms with Crippen LogP contribution in [0.1, 0.15) is 34.8 Å². The fourth-order valence-electron chi connectivity index (χ4n) is 4.71. The summed E-state index contributed by atoms with van der Waals surface area (Å²) in [5.41, 5.74) is 3.98. The predicted molar refractivity (Wildman–Crippen MR) is 121 cm³/mol. The Morgan fingerprint density at radius 1 is 1.13 bits per heavy atom. The summed E-state index contributed by atoms with van der Waals surface area (Å²) in [7, 11) is 3.60. The number of aromatic nitrogens is 2. The molecule has 0 unspecified atom stereocenters. The molecule has 30 heavy (non-hydrogen) atoms. The molecule has 1 aliphatic heterocycles. The summed E-state index contributed by atoms with van der Waals surface area (Å²) < 4.78 is 7.31. The van der Waals surface area contributed by atoms with Crippen molar-refractivity contribution in [3.05, 3.63) is 64.9 Å². The Hall–Kier alpha value is -2.92. The van der Waals surface area contributed by atoms with E-state index in [9.17, 15) is 4.79 Å². The summed E-state index contributed by atoms with van der Waals surface area (Å²) >= 11 is 6.60. The first-order valence-electron chi connectivity index (χ1n) is 10.3. The molecular formula is C24H24ClN3O2. The number of nitrogens with zero attached hydrogens (tertiary/aromatic N) is 2. The maximum atomic E-state index is 13.3. The topological polar surface area (TPSA) is 50.3 Å². The van der Waals surface area contributed by atoms with Gasteiger partial charge < -0.3 is 19.2 Å². The van der Waals surface area contributed by atoms with Gasteiger partial charge in [-0.2, -0.15) is 0 Å². The number of nitrogens with one attached hydrogen (secondary N) is 1. The minimum atomic E-state index is 0.0118. The number of benzene rings is 2. The van der Waals surface area contributed by atoms with E-state index in [0.717, 1.165) is 48.1 Å². The molecule has 0 aliphatic carbocycles. The maximum absolute atomic E-state index is 13.3. The van der Waals surface area contributed by atoms with E-state index in [4.69, 9.17) is 16.3 Å². The van der Waals surface area contributed by atoms with Crippen molar-refractivity contribution in [3.8, 4) is 5.75 Å². The molecule has 5 nitrogen and oxygen atoms in total. The van der Waals surface area contributed by atoms with Crippen LogP contribution in [-0.2, 0) is 7.05 Å². The van der Waals surface area contributed by atoms with Crippen molar-refractivity contribution < 1.29 is 9.53 Å². The molecule has 1 aliphatic rings. The van der Waals surface area contributed by atoms with E-state index in [1.165, 1.54) is 10.9 Å². The van der Waals surface area contributed by atoms with Crippen molar-refractivity contribution in [3.63, 3.8) is 0 Å². The molecule has 6 heteroatoms. The van der Waals surface area contributed by atoms with Crippen LogP contribution in [0.25, 0.3) is 21.8 Å². The summed E-state index contributed by atoms with van der Waals surface area (Å²) in [6.07, 6.45) is 3.96. The molecule has 2 aromatic heterocycles. The van der Waals surface area contributed by atoms with E-state index in [0.29, 0.717) is 16.6 Å². The smallest absolute Gasteiger partial charge is 0.272 e. The molecule has 154 valence electrons. The summed E-state index contributed by atoms with van der Waals surface area (Å²) in [5.74, 6) is 1.29. The second-order valence-electron chi connectivity index (χ2n) is 7.96. The van der Waals surface area contributed by atoms with Gasteiger partial charge in [-0.3, -0.25) is 4.79 Å². The van der Waals surface area contributed by atoms with Gasteiger partial charge in [0.1, 0.15) is 11.4 Å². The fourth-order valence-corrected chi connectivity index (χ4v) is 5.08. The first kappa shape index (κ1) is 19.1. The number of rotatable bonds is 3. The van der Waals surface area contributed by atoms with Crippen LogP contribution < -0.4 is 4.74 Å². The summed E-state index contributed by atoms with van der Waals surface area (Å²) in [5, 5.41) is 2.67. The highest BCUT2D eigenvalue weighted by atomic mass is 35.5. The van der Waals surface area contributed by atoms with Crippen LogP contribution in [0, 0.1) is 0 Å². The molecule has 2 aromatic carbocycles. The zero-order valence-electron chi connectivity index (χ0n) is 17.1. The molecular weight excluding hydrogens is 398 g/mol. The third-order valence-electron chi connectivity index (χ3n) is 6.39. The van der Waals surface area contributed by atoms with Gasteiger partial charge in [0.2, 0.25) is 0 Å². The molecule has 1 N–H and O–H groups in total. The second kappa shape index (κ2) is 7.40. The lowest BCUT2D eigenvalue weighted by Crippen LogP contribution is -2.38. The standard InChI is InChI=1S/C24H24ClN3O2/c1-27-21-6-4-3-5-17(21)22(25)23(27)24(29)28-11-9-15(10-12-28)19-14-26-20-8-7-16(30-2)13-18(19)20/h3-8,13-15,26H,9-12H2,1-2H3. The number of aromatic amines is 1.